The molecule has 0 bridgehead atoms. The molecule has 9 aromatic carbocycles. The summed E-state index contributed by atoms with van der Waals surface area (Å²) in [6.45, 7) is 0. The number of nitrogen functional groups attached to an aromatic ring is 1. The number of nitrogens with two attached hydrogens (primary N) is 1. The van der Waals surface area contributed by atoms with Gasteiger partial charge in [-0.25, -0.2) is 0 Å². The van der Waals surface area contributed by atoms with E-state index in [-0.39, 0.29) is 15.0 Å². The van der Waals surface area contributed by atoms with Crippen LogP contribution in [-0.2, 0) is 0 Å². The summed E-state index contributed by atoms with van der Waals surface area (Å²) in [6.07, 6.45) is 0. The Morgan fingerprint density at radius 3 is 1.38 bits per heavy atom. The number of hydrogen-bond acceptors (Lipinski definition) is 2. The zero-order valence-electron chi connectivity index (χ0n) is 29.1. The standard InChI is InChI=1S/C50H36N2Se/c51-39-19-14-22-43(33-39)53-44-32-38(35-15-4-1-5-16-35)31-42(34-44)52(40-20-8-3-9-21-40)41-29-27-37(28-30-41)50-47-25-12-10-23-45(47)49(36-17-6-2-7-18-36)46-24-11-13-26-48(46)50/h1-34H,51H2. The first kappa shape index (κ1) is 32.5. The van der Waals surface area contributed by atoms with Gasteiger partial charge in [-0.1, -0.05) is 42.5 Å². The average Bonchev–Trinajstić information content (AvgIpc) is 3.21. The fourth-order valence-corrected chi connectivity index (χ4v) is 9.49. The van der Waals surface area contributed by atoms with Gasteiger partial charge in [-0.3, -0.25) is 0 Å². The van der Waals surface area contributed by atoms with Crippen molar-refractivity contribution in [2.45, 2.75) is 0 Å². The van der Waals surface area contributed by atoms with Crippen molar-refractivity contribution in [3.05, 3.63) is 206 Å². The van der Waals surface area contributed by atoms with Crippen LogP contribution in [0.25, 0.3) is 54.9 Å². The van der Waals surface area contributed by atoms with Gasteiger partial charge in [-0.05, 0) is 5.56 Å². The summed E-state index contributed by atoms with van der Waals surface area (Å²) < 4.78 is 2.54. The summed E-state index contributed by atoms with van der Waals surface area (Å²) in [5.41, 5.74) is 17.7. The minimum atomic E-state index is 0.0646. The van der Waals surface area contributed by atoms with Crippen LogP contribution in [0, 0.1) is 0 Å². The fraction of sp³-hybridized carbons (Fsp3) is 0. The van der Waals surface area contributed by atoms with Gasteiger partial charge < -0.3 is 0 Å². The Morgan fingerprint density at radius 1 is 0.321 bits per heavy atom. The van der Waals surface area contributed by atoms with Crippen molar-refractivity contribution in [3.63, 3.8) is 0 Å². The van der Waals surface area contributed by atoms with E-state index in [0.29, 0.717) is 0 Å². The van der Waals surface area contributed by atoms with E-state index in [2.05, 4.69) is 199 Å². The monoisotopic (exact) mass is 744 g/mol. The normalized spacial score (nSPS) is 11.2. The zero-order valence-corrected chi connectivity index (χ0v) is 30.8. The van der Waals surface area contributed by atoms with Crippen molar-refractivity contribution < 1.29 is 0 Å². The summed E-state index contributed by atoms with van der Waals surface area (Å²) in [5, 5.41) is 5.02. The van der Waals surface area contributed by atoms with Crippen molar-refractivity contribution in [2.75, 3.05) is 10.6 Å². The van der Waals surface area contributed by atoms with Gasteiger partial charge >= 0.3 is 270 Å². The van der Waals surface area contributed by atoms with Crippen molar-refractivity contribution >= 4 is 68.2 Å². The van der Waals surface area contributed by atoms with Crippen molar-refractivity contribution in [3.8, 4) is 33.4 Å². The third-order valence-corrected chi connectivity index (χ3v) is 11.8. The Labute approximate surface area is 317 Å². The first-order chi connectivity index (χ1) is 26.2. The molecule has 3 heteroatoms. The molecule has 0 aromatic heterocycles. The van der Waals surface area contributed by atoms with E-state index >= 15 is 0 Å². The Kier molecular flexibility index (Phi) is 8.79. The molecule has 0 unspecified atom stereocenters. The van der Waals surface area contributed by atoms with Crippen LogP contribution in [0.5, 0.6) is 0 Å². The summed E-state index contributed by atoms with van der Waals surface area (Å²) in [6, 6.07) is 74.2. The fourth-order valence-electron chi connectivity index (χ4n) is 7.44. The van der Waals surface area contributed by atoms with Gasteiger partial charge in [0.05, 0.1) is 0 Å². The van der Waals surface area contributed by atoms with Crippen LogP contribution in [0.4, 0.5) is 22.7 Å². The van der Waals surface area contributed by atoms with Crippen molar-refractivity contribution in [1.29, 1.82) is 0 Å². The number of rotatable bonds is 8. The Hall–Kier alpha value is -6.38. The summed E-state index contributed by atoms with van der Waals surface area (Å²) in [7, 11) is 0. The van der Waals surface area contributed by atoms with Gasteiger partial charge in [0.1, 0.15) is 0 Å². The predicted octanol–water partition coefficient (Wildman–Crippen LogP) is 11.7. The van der Waals surface area contributed by atoms with Gasteiger partial charge in [0.15, 0.2) is 0 Å². The SMILES string of the molecule is Nc1cccc([Se]c2cc(-c3ccccc3)cc(N(c3ccccc3)c3ccc(-c4c5ccccc5c(-c5ccccc5)c5ccccc45)cc3)c2)c1. The summed E-state index contributed by atoms with van der Waals surface area (Å²) >= 11 is 0.0646. The molecule has 0 spiro atoms. The van der Waals surface area contributed by atoms with Crippen LogP contribution in [0.15, 0.2) is 206 Å². The number of fused-ring (bicyclic) bond motifs is 2. The Bertz CT molecular complexity index is 2630. The van der Waals surface area contributed by atoms with Gasteiger partial charge in [-0.2, -0.15) is 0 Å². The molecule has 53 heavy (non-hydrogen) atoms. The summed E-state index contributed by atoms with van der Waals surface area (Å²) in [5.74, 6) is 0. The minimum absolute atomic E-state index is 0.0646. The number of anilines is 4. The molecule has 0 saturated carbocycles. The Morgan fingerprint density at radius 2 is 0.811 bits per heavy atom. The van der Waals surface area contributed by atoms with Crippen LogP contribution >= 0.6 is 0 Å². The first-order valence-corrected chi connectivity index (χ1v) is 19.6. The molecular formula is C50H36N2Se. The van der Waals surface area contributed by atoms with Gasteiger partial charge in [-0.15, -0.1) is 0 Å². The molecular weight excluding hydrogens is 708 g/mol. The number of nitrogens with zero attached hydrogens (tertiary/aromatic N) is 1. The molecule has 2 nitrogen and oxygen atoms in total. The molecule has 0 amide bonds. The molecule has 0 saturated heterocycles. The van der Waals surface area contributed by atoms with E-state index < -0.39 is 0 Å². The third kappa shape index (κ3) is 6.49. The molecule has 2 N–H and O–H groups in total. The average molecular weight is 744 g/mol. The van der Waals surface area contributed by atoms with Crippen LogP contribution in [0.3, 0.4) is 0 Å². The van der Waals surface area contributed by atoms with E-state index in [9.17, 15) is 0 Å². The molecule has 252 valence electrons. The second kappa shape index (κ2) is 14.3. The van der Waals surface area contributed by atoms with E-state index in [1.165, 1.54) is 63.8 Å². The van der Waals surface area contributed by atoms with Crippen LogP contribution < -0.4 is 19.6 Å². The van der Waals surface area contributed by atoms with E-state index in [4.69, 9.17) is 5.73 Å². The number of hydrogen-bond donors (Lipinski definition) is 1. The third-order valence-electron chi connectivity index (χ3n) is 9.77. The van der Waals surface area contributed by atoms with Crippen LogP contribution in [0.1, 0.15) is 0 Å². The zero-order chi connectivity index (χ0) is 35.6. The number of para-hydroxylation sites is 1. The molecule has 9 aromatic rings. The van der Waals surface area contributed by atoms with Gasteiger partial charge in [0.25, 0.3) is 0 Å². The molecule has 0 radical (unpaired) electrons. The molecule has 0 aliphatic rings. The second-order valence-corrected chi connectivity index (χ2v) is 15.6. The van der Waals surface area contributed by atoms with Crippen LogP contribution in [0.2, 0.25) is 0 Å². The second-order valence-electron chi connectivity index (χ2n) is 13.2. The van der Waals surface area contributed by atoms with Crippen molar-refractivity contribution in [2.24, 2.45) is 0 Å². The van der Waals surface area contributed by atoms with Gasteiger partial charge in [0, 0.05) is 0 Å². The topological polar surface area (TPSA) is 29.3 Å². The maximum absolute atomic E-state index is 6.21. The first-order valence-electron chi connectivity index (χ1n) is 17.9. The quantitative estimate of drug-likeness (QED) is 0.0954. The molecule has 0 heterocycles. The molecule has 0 aliphatic carbocycles. The van der Waals surface area contributed by atoms with E-state index in [0.717, 1.165) is 22.7 Å². The summed E-state index contributed by atoms with van der Waals surface area (Å²) in [4.78, 5) is 2.38. The molecule has 0 atom stereocenters. The maximum atomic E-state index is 6.21. The van der Waals surface area contributed by atoms with Crippen molar-refractivity contribution in [1.82, 2.24) is 0 Å². The Balaban J connectivity index is 1.20. The predicted molar refractivity (Wildman–Crippen MR) is 228 cm³/mol. The molecule has 9 rings (SSSR count). The van der Waals surface area contributed by atoms with E-state index in [1.54, 1.807) is 0 Å². The number of benzene rings is 9. The van der Waals surface area contributed by atoms with Gasteiger partial charge in [0.2, 0.25) is 0 Å². The van der Waals surface area contributed by atoms with Crippen LogP contribution in [-0.4, -0.2) is 15.0 Å². The molecule has 0 aliphatic heterocycles. The molecule has 0 fully saturated rings. The van der Waals surface area contributed by atoms with E-state index in [1.807, 2.05) is 12.1 Å².